The summed E-state index contributed by atoms with van der Waals surface area (Å²) in [6.07, 6.45) is 0.172. The first kappa shape index (κ1) is 20.8. The number of carbonyl (C=O) groups excluding carboxylic acids is 3. The molecule has 1 fully saturated rings. The SMILES string of the molecule is CC(=O)c1ccc(N2CCN(C(=O)C[C@H]3Sc4ccc(Cl)cc4NC3=O)CC2)cc1. The molecular formula is C22H22ClN3O3S. The Hall–Kier alpha value is -2.51. The number of anilines is 2. The number of halogens is 1. The molecule has 6 nitrogen and oxygen atoms in total. The van der Waals surface area contributed by atoms with Crippen molar-refractivity contribution < 1.29 is 14.4 Å². The van der Waals surface area contributed by atoms with Crippen LogP contribution in [0.25, 0.3) is 0 Å². The van der Waals surface area contributed by atoms with Crippen molar-refractivity contribution >= 4 is 52.3 Å². The number of amides is 2. The Morgan fingerprint density at radius 2 is 1.80 bits per heavy atom. The highest BCUT2D eigenvalue weighted by Gasteiger charge is 2.31. The topological polar surface area (TPSA) is 69.7 Å². The first-order valence-corrected chi connectivity index (χ1v) is 11.1. The Morgan fingerprint density at radius 1 is 1.10 bits per heavy atom. The fourth-order valence-corrected chi connectivity index (χ4v) is 4.92. The zero-order valence-electron chi connectivity index (χ0n) is 16.6. The molecule has 1 saturated heterocycles. The zero-order chi connectivity index (χ0) is 21.3. The largest absolute Gasteiger partial charge is 0.368 e. The molecule has 2 heterocycles. The molecule has 2 aromatic rings. The van der Waals surface area contributed by atoms with Gasteiger partial charge in [-0.2, -0.15) is 0 Å². The molecule has 30 heavy (non-hydrogen) atoms. The highest BCUT2D eigenvalue weighted by Crippen LogP contribution is 2.38. The normalized spacial score (nSPS) is 18.6. The molecule has 0 unspecified atom stereocenters. The van der Waals surface area contributed by atoms with E-state index in [4.69, 9.17) is 11.6 Å². The molecule has 156 valence electrons. The Labute approximate surface area is 184 Å². The van der Waals surface area contributed by atoms with E-state index in [2.05, 4.69) is 10.2 Å². The van der Waals surface area contributed by atoms with Gasteiger partial charge in [0.1, 0.15) is 0 Å². The second-order valence-corrected chi connectivity index (χ2v) is 9.09. The van der Waals surface area contributed by atoms with Crippen molar-refractivity contribution in [2.45, 2.75) is 23.5 Å². The van der Waals surface area contributed by atoms with Crippen molar-refractivity contribution in [3.8, 4) is 0 Å². The van der Waals surface area contributed by atoms with Crippen LogP contribution in [0.2, 0.25) is 5.02 Å². The quantitative estimate of drug-likeness (QED) is 0.730. The van der Waals surface area contributed by atoms with E-state index in [1.165, 1.54) is 11.8 Å². The predicted molar refractivity (Wildman–Crippen MR) is 120 cm³/mol. The standard InChI is InChI=1S/C22H22ClN3O3S/c1-14(27)15-2-5-17(6-3-15)25-8-10-26(11-9-25)21(28)13-20-22(29)24-18-12-16(23)4-7-19(18)30-20/h2-7,12,20H,8-11,13H2,1H3,(H,24,29)/t20-/m1/s1. The highest BCUT2D eigenvalue weighted by molar-refractivity contribution is 8.01. The van der Waals surface area contributed by atoms with E-state index in [0.717, 1.165) is 23.7 Å². The fourth-order valence-electron chi connectivity index (χ4n) is 3.67. The lowest BCUT2D eigenvalue weighted by Gasteiger charge is -2.37. The van der Waals surface area contributed by atoms with Gasteiger partial charge in [-0.05, 0) is 49.4 Å². The maximum atomic E-state index is 12.8. The summed E-state index contributed by atoms with van der Waals surface area (Å²) in [4.78, 5) is 41.6. The number of piperazine rings is 1. The number of Topliss-reactive ketones (excluding diaryl/α,β-unsaturated/α-hetero) is 1. The molecule has 0 spiro atoms. The summed E-state index contributed by atoms with van der Waals surface area (Å²) in [7, 11) is 0. The average molecular weight is 444 g/mol. The molecule has 0 bridgehead atoms. The van der Waals surface area contributed by atoms with Gasteiger partial charge in [0.2, 0.25) is 11.8 Å². The van der Waals surface area contributed by atoms with Crippen LogP contribution >= 0.6 is 23.4 Å². The predicted octanol–water partition coefficient (Wildman–Crippen LogP) is 3.69. The minimum Gasteiger partial charge on any atom is -0.368 e. The number of fused-ring (bicyclic) bond motifs is 1. The fraction of sp³-hybridized carbons (Fsp3) is 0.318. The second kappa shape index (κ2) is 8.70. The summed E-state index contributed by atoms with van der Waals surface area (Å²) >= 11 is 7.39. The van der Waals surface area contributed by atoms with Gasteiger partial charge in [0, 0.05) is 53.8 Å². The Kier molecular flexibility index (Phi) is 6.01. The van der Waals surface area contributed by atoms with Crippen LogP contribution in [0.1, 0.15) is 23.7 Å². The van der Waals surface area contributed by atoms with Crippen molar-refractivity contribution in [1.29, 1.82) is 0 Å². The molecular weight excluding hydrogens is 422 g/mol. The lowest BCUT2D eigenvalue weighted by molar-refractivity contribution is -0.132. The number of thioether (sulfide) groups is 1. The lowest BCUT2D eigenvalue weighted by Crippen LogP contribution is -2.49. The number of ketones is 1. The molecule has 2 aromatic carbocycles. The van der Waals surface area contributed by atoms with Crippen LogP contribution in [-0.4, -0.2) is 53.9 Å². The summed E-state index contributed by atoms with van der Waals surface area (Å²) in [6, 6.07) is 12.9. The molecule has 2 aliphatic rings. The number of carbonyl (C=O) groups is 3. The van der Waals surface area contributed by atoms with Crippen molar-refractivity contribution in [3.05, 3.63) is 53.1 Å². The maximum Gasteiger partial charge on any atom is 0.238 e. The molecule has 2 aliphatic heterocycles. The van der Waals surface area contributed by atoms with Gasteiger partial charge in [-0.1, -0.05) is 11.6 Å². The van der Waals surface area contributed by atoms with Gasteiger partial charge in [-0.25, -0.2) is 0 Å². The summed E-state index contributed by atoms with van der Waals surface area (Å²) in [5.41, 5.74) is 2.44. The smallest absolute Gasteiger partial charge is 0.238 e. The third-order valence-corrected chi connectivity index (χ3v) is 6.90. The van der Waals surface area contributed by atoms with Crippen LogP contribution in [0.3, 0.4) is 0 Å². The summed E-state index contributed by atoms with van der Waals surface area (Å²) in [5.74, 6) is -0.119. The van der Waals surface area contributed by atoms with Crippen LogP contribution in [0.4, 0.5) is 11.4 Å². The molecule has 0 saturated carbocycles. The average Bonchev–Trinajstić information content (AvgIpc) is 2.74. The van der Waals surface area contributed by atoms with E-state index in [0.29, 0.717) is 29.4 Å². The van der Waals surface area contributed by atoms with E-state index in [1.807, 2.05) is 35.2 Å². The Morgan fingerprint density at radius 3 is 2.47 bits per heavy atom. The van der Waals surface area contributed by atoms with E-state index >= 15 is 0 Å². The van der Waals surface area contributed by atoms with Crippen LogP contribution in [-0.2, 0) is 9.59 Å². The molecule has 0 aromatic heterocycles. The van der Waals surface area contributed by atoms with Gasteiger partial charge in [-0.15, -0.1) is 11.8 Å². The number of nitrogens with zero attached hydrogens (tertiary/aromatic N) is 2. The van der Waals surface area contributed by atoms with Crippen LogP contribution in [0.15, 0.2) is 47.4 Å². The summed E-state index contributed by atoms with van der Waals surface area (Å²) in [5, 5.41) is 2.98. The molecule has 4 rings (SSSR count). The van der Waals surface area contributed by atoms with Gasteiger partial charge in [-0.3, -0.25) is 14.4 Å². The van der Waals surface area contributed by atoms with Crippen molar-refractivity contribution in [2.75, 3.05) is 36.4 Å². The molecule has 1 atom stereocenters. The van der Waals surface area contributed by atoms with Crippen molar-refractivity contribution in [2.24, 2.45) is 0 Å². The summed E-state index contributed by atoms with van der Waals surface area (Å²) < 4.78 is 0. The van der Waals surface area contributed by atoms with Gasteiger partial charge < -0.3 is 15.1 Å². The molecule has 1 N–H and O–H groups in total. The molecule has 0 radical (unpaired) electrons. The van der Waals surface area contributed by atoms with Gasteiger partial charge in [0.25, 0.3) is 0 Å². The van der Waals surface area contributed by atoms with Gasteiger partial charge in [0.15, 0.2) is 5.78 Å². The number of hydrogen-bond acceptors (Lipinski definition) is 5. The first-order valence-electron chi connectivity index (χ1n) is 9.81. The monoisotopic (exact) mass is 443 g/mol. The number of hydrogen-bond donors (Lipinski definition) is 1. The molecule has 8 heteroatoms. The number of benzene rings is 2. The molecule has 0 aliphatic carbocycles. The van der Waals surface area contributed by atoms with E-state index in [-0.39, 0.29) is 24.0 Å². The number of nitrogens with one attached hydrogen (secondary N) is 1. The maximum absolute atomic E-state index is 12.8. The van der Waals surface area contributed by atoms with Crippen molar-refractivity contribution in [1.82, 2.24) is 4.90 Å². The zero-order valence-corrected chi connectivity index (χ0v) is 18.1. The van der Waals surface area contributed by atoms with E-state index in [1.54, 1.807) is 19.1 Å². The number of rotatable bonds is 4. The molecule has 2 amide bonds. The van der Waals surface area contributed by atoms with E-state index < -0.39 is 5.25 Å². The van der Waals surface area contributed by atoms with Crippen molar-refractivity contribution in [3.63, 3.8) is 0 Å². The summed E-state index contributed by atoms with van der Waals surface area (Å²) in [6.45, 7) is 4.21. The van der Waals surface area contributed by atoms with Gasteiger partial charge >= 0.3 is 0 Å². The van der Waals surface area contributed by atoms with Crippen LogP contribution < -0.4 is 10.2 Å². The van der Waals surface area contributed by atoms with Crippen LogP contribution in [0.5, 0.6) is 0 Å². The Bertz CT molecular complexity index is 988. The minimum absolute atomic E-state index is 0.00774. The van der Waals surface area contributed by atoms with E-state index in [9.17, 15) is 14.4 Å². The highest BCUT2D eigenvalue weighted by atomic mass is 35.5. The van der Waals surface area contributed by atoms with Gasteiger partial charge in [0.05, 0.1) is 10.9 Å². The second-order valence-electron chi connectivity index (χ2n) is 7.41. The minimum atomic E-state index is -0.441. The first-order chi connectivity index (χ1) is 14.4. The van der Waals surface area contributed by atoms with Crippen LogP contribution in [0, 0.1) is 0 Å². The third kappa shape index (κ3) is 4.47. The Balaban J connectivity index is 1.33. The lowest BCUT2D eigenvalue weighted by atomic mass is 10.1. The third-order valence-electron chi connectivity index (χ3n) is 5.39.